The first-order valence-electron chi connectivity index (χ1n) is 12.3. The summed E-state index contributed by atoms with van der Waals surface area (Å²) in [5.74, 6) is 0.286. The molecule has 0 saturated carbocycles. The summed E-state index contributed by atoms with van der Waals surface area (Å²) in [6.45, 7) is 16.3. The largest absolute Gasteiger partial charge is 0.333 e. The van der Waals surface area contributed by atoms with Crippen LogP contribution in [0.25, 0.3) is 5.69 Å². The minimum absolute atomic E-state index is 0.0975. The second-order valence-corrected chi connectivity index (χ2v) is 11.4. The van der Waals surface area contributed by atoms with Crippen molar-refractivity contribution in [1.82, 2.24) is 20.0 Å². The monoisotopic (exact) mass is 489 g/mol. The van der Waals surface area contributed by atoms with E-state index in [2.05, 4.69) is 37.5 Å². The number of nitrogens with one attached hydrogen (secondary N) is 2. The van der Waals surface area contributed by atoms with Gasteiger partial charge >= 0.3 is 6.03 Å². The topological polar surface area (TPSA) is 79.3 Å². The van der Waals surface area contributed by atoms with Gasteiger partial charge in [0.1, 0.15) is 12.4 Å². The number of aryl methyl sites for hydroxylation is 2. The van der Waals surface area contributed by atoms with Crippen molar-refractivity contribution >= 4 is 17.8 Å². The van der Waals surface area contributed by atoms with Crippen LogP contribution in [0.3, 0.4) is 0 Å². The predicted octanol–water partition coefficient (Wildman–Crippen LogP) is 5.74. The van der Waals surface area contributed by atoms with Crippen molar-refractivity contribution in [1.29, 1.82) is 0 Å². The van der Waals surface area contributed by atoms with E-state index < -0.39 is 5.54 Å². The van der Waals surface area contributed by atoms with E-state index in [4.69, 9.17) is 5.10 Å². The van der Waals surface area contributed by atoms with Crippen molar-refractivity contribution in [3.8, 4) is 5.69 Å². The standard InChI is InChI=1S/C29H39N5O2/c1-20-14-15-23(21(2)16-20)34-25(17-24(32-34)28(3,4)5)30-26(35)19-33(27(36)31-29(6,7)8)18-22-12-10-9-11-13-22/h9-17H,18-19H2,1-8H3,(H,30,35)(H,31,36). The summed E-state index contributed by atoms with van der Waals surface area (Å²) in [6.07, 6.45) is 0. The van der Waals surface area contributed by atoms with E-state index in [0.29, 0.717) is 12.4 Å². The van der Waals surface area contributed by atoms with Crippen LogP contribution >= 0.6 is 0 Å². The van der Waals surface area contributed by atoms with Crippen LogP contribution < -0.4 is 10.6 Å². The van der Waals surface area contributed by atoms with Crippen LogP contribution in [0.2, 0.25) is 0 Å². The Kier molecular flexibility index (Phi) is 7.92. The molecule has 7 nitrogen and oxygen atoms in total. The molecule has 36 heavy (non-hydrogen) atoms. The summed E-state index contributed by atoms with van der Waals surface area (Å²) in [5.41, 5.74) is 4.31. The highest BCUT2D eigenvalue weighted by molar-refractivity contribution is 5.94. The number of hydrogen-bond acceptors (Lipinski definition) is 3. The summed E-state index contributed by atoms with van der Waals surface area (Å²) in [5, 5.41) is 10.8. The molecule has 3 rings (SSSR count). The molecule has 192 valence electrons. The van der Waals surface area contributed by atoms with Crippen LogP contribution in [0.4, 0.5) is 10.6 Å². The van der Waals surface area contributed by atoms with Crippen LogP contribution in [0.1, 0.15) is 63.9 Å². The molecule has 3 aromatic rings. The summed E-state index contributed by atoms with van der Waals surface area (Å²) in [7, 11) is 0. The lowest BCUT2D eigenvalue weighted by Gasteiger charge is -2.28. The lowest BCUT2D eigenvalue weighted by molar-refractivity contribution is -0.116. The lowest BCUT2D eigenvalue weighted by atomic mass is 9.92. The number of rotatable bonds is 6. The zero-order valence-electron chi connectivity index (χ0n) is 22.8. The van der Waals surface area contributed by atoms with Gasteiger partial charge in [-0.15, -0.1) is 0 Å². The number of anilines is 1. The molecule has 0 bridgehead atoms. The van der Waals surface area contributed by atoms with Crippen LogP contribution in [-0.4, -0.2) is 38.7 Å². The van der Waals surface area contributed by atoms with Gasteiger partial charge in [0.15, 0.2) is 0 Å². The van der Waals surface area contributed by atoms with Gasteiger partial charge in [0.25, 0.3) is 0 Å². The molecule has 7 heteroatoms. The number of urea groups is 1. The Balaban J connectivity index is 1.90. The van der Waals surface area contributed by atoms with Crippen molar-refractivity contribution < 1.29 is 9.59 Å². The Morgan fingerprint density at radius 2 is 1.61 bits per heavy atom. The van der Waals surface area contributed by atoms with Gasteiger partial charge < -0.3 is 15.5 Å². The minimum atomic E-state index is -0.425. The van der Waals surface area contributed by atoms with Gasteiger partial charge in [-0.25, -0.2) is 9.48 Å². The van der Waals surface area contributed by atoms with Gasteiger partial charge in [0, 0.05) is 23.6 Å². The van der Waals surface area contributed by atoms with Crippen LogP contribution in [0.15, 0.2) is 54.6 Å². The number of carbonyl (C=O) groups is 2. The number of amides is 3. The molecule has 0 aliphatic heterocycles. The molecule has 0 radical (unpaired) electrons. The second kappa shape index (κ2) is 10.6. The van der Waals surface area contributed by atoms with Crippen LogP contribution in [0.5, 0.6) is 0 Å². The average molecular weight is 490 g/mol. The quantitative estimate of drug-likeness (QED) is 0.464. The van der Waals surface area contributed by atoms with E-state index >= 15 is 0 Å². The highest BCUT2D eigenvalue weighted by Crippen LogP contribution is 2.28. The number of benzene rings is 2. The minimum Gasteiger partial charge on any atom is -0.333 e. The van der Waals surface area contributed by atoms with E-state index in [1.54, 1.807) is 4.68 Å². The Labute approximate surface area is 214 Å². The third kappa shape index (κ3) is 7.20. The third-order valence-corrected chi connectivity index (χ3v) is 5.65. The van der Waals surface area contributed by atoms with Gasteiger partial charge in [-0.3, -0.25) is 4.79 Å². The number of aromatic nitrogens is 2. The zero-order valence-corrected chi connectivity index (χ0v) is 22.8. The second-order valence-electron chi connectivity index (χ2n) is 11.4. The van der Waals surface area contributed by atoms with Crippen LogP contribution in [0, 0.1) is 13.8 Å². The van der Waals surface area contributed by atoms with Gasteiger partial charge in [-0.2, -0.15) is 5.10 Å². The third-order valence-electron chi connectivity index (χ3n) is 5.65. The molecule has 2 aromatic carbocycles. The lowest BCUT2D eigenvalue weighted by Crippen LogP contribution is -2.50. The molecule has 3 amide bonds. The molecule has 0 spiro atoms. The number of nitrogens with zero attached hydrogens (tertiary/aromatic N) is 3. The molecule has 2 N–H and O–H groups in total. The molecule has 1 aromatic heterocycles. The number of hydrogen-bond donors (Lipinski definition) is 2. The summed E-state index contributed by atoms with van der Waals surface area (Å²) in [4.78, 5) is 27.9. The summed E-state index contributed by atoms with van der Waals surface area (Å²) in [6, 6.07) is 17.4. The SMILES string of the molecule is Cc1ccc(-n2nc(C(C)(C)C)cc2NC(=O)CN(Cc2ccccc2)C(=O)NC(C)(C)C)c(C)c1. The molecule has 0 atom stereocenters. The predicted molar refractivity (Wildman–Crippen MR) is 146 cm³/mol. The zero-order chi connectivity index (χ0) is 26.7. The van der Waals surface area contributed by atoms with Crippen molar-refractivity contribution in [3.05, 3.63) is 77.0 Å². The first-order valence-corrected chi connectivity index (χ1v) is 12.3. The van der Waals surface area contributed by atoms with Crippen molar-refractivity contribution in [2.75, 3.05) is 11.9 Å². The van der Waals surface area contributed by atoms with E-state index in [9.17, 15) is 9.59 Å². The Morgan fingerprint density at radius 3 is 2.19 bits per heavy atom. The van der Waals surface area contributed by atoms with E-state index in [0.717, 1.165) is 28.1 Å². The fourth-order valence-corrected chi connectivity index (χ4v) is 3.82. The van der Waals surface area contributed by atoms with Crippen LogP contribution in [-0.2, 0) is 16.8 Å². The van der Waals surface area contributed by atoms with E-state index in [-0.39, 0.29) is 23.9 Å². The highest BCUT2D eigenvalue weighted by atomic mass is 16.2. The van der Waals surface area contributed by atoms with Gasteiger partial charge in [-0.05, 0) is 51.8 Å². The van der Waals surface area contributed by atoms with Crippen molar-refractivity contribution in [2.24, 2.45) is 0 Å². The first kappa shape index (κ1) is 27.0. The Bertz CT molecular complexity index is 1220. The molecule has 0 unspecified atom stereocenters. The number of carbonyl (C=O) groups excluding carboxylic acids is 2. The van der Waals surface area contributed by atoms with Crippen molar-refractivity contribution in [3.63, 3.8) is 0 Å². The van der Waals surface area contributed by atoms with Gasteiger partial charge in [0.2, 0.25) is 5.91 Å². The normalized spacial score (nSPS) is 11.8. The molecule has 0 aliphatic carbocycles. The molecular weight excluding hydrogens is 450 g/mol. The maximum absolute atomic E-state index is 13.3. The molecule has 0 fully saturated rings. The average Bonchev–Trinajstić information content (AvgIpc) is 3.16. The van der Waals surface area contributed by atoms with Gasteiger partial charge in [-0.1, -0.05) is 68.8 Å². The Morgan fingerprint density at radius 1 is 0.944 bits per heavy atom. The first-order chi connectivity index (χ1) is 16.7. The fourth-order valence-electron chi connectivity index (χ4n) is 3.82. The molecule has 0 aliphatic rings. The maximum Gasteiger partial charge on any atom is 0.318 e. The van der Waals surface area contributed by atoms with Crippen molar-refractivity contribution in [2.45, 2.75) is 72.9 Å². The Hall–Kier alpha value is -3.61. The molecule has 0 saturated heterocycles. The molecular formula is C29H39N5O2. The highest BCUT2D eigenvalue weighted by Gasteiger charge is 2.25. The van der Waals surface area contributed by atoms with E-state index in [1.165, 1.54) is 4.90 Å². The maximum atomic E-state index is 13.3. The summed E-state index contributed by atoms with van der Waals surface area (Å²) < 4.78 is 1.78. The summed E-state index contributed by atoms with van der Waals surface area (Å²) >= 11 is 0. The van der Waals surface area contributed by atoms with Gasteiger partial charge in [0.05, 0.1) is 11.4 Å². The molecule has 1 heterocycles. The smallest absolute Gasteiger partial charge is 0.318 e. The fraction of sp³-hybridized carbons (Fsp3) is 0.414. The van der Waals surface area contributed by atoms with E-state index in [1.807, 2.05) is 83.1 Å².